The molecule has 5 heteroatoms. The maximum Gasteiger partial charge on any atom is 0.341 e. The molecule has 0 bridgehead atoms. The van der Waals surface area contributed by atoms with Gasteiger partial charge in [-0.05, 0) is 37.3 Å². The van der Waals surface area contributed by atoms with Crippen molar-refractivity contribution in [2.75, 3.05) is 12.8 Å². The number of benzene rings is 1. The zero-order valence-electron chi connectivity index (χ0n) is 11.4. The van der Waals surface area contributed by atoms with Gasteiger partial charge in [0.1, 0.15) is 17.9 Å². The number of hydrogen-bond acceptors (Lipinski definition) is 5. The van der Waals surface area contributed by atoms with Crippen LogP contribution in [0.25, 0.3) is 0 Å². The first-order valence-corrected chi connectivity index (χ1v) is 6.13. The molecule has 0 saturated heterocycles. The van der Waals surface area contributed by atoms with Crippen LogP contribution in [-0.2, 0) is 11.3 Å². The monoisotopic (exact) mass is 272 g/mol. The van der Waals surface area contributed by atoms with Gasteiger partial charge in [-0.15, -0.1) is 0 Å². The molecule has 104 valence electrons. The number of rotatable bonds is 4. The van der Waals surface area contributed by atoms with E-state index in [4.69, 9.17) is 15.2 Å². The number of aryl methyl sites for hydroxylation is 1. The number of ether oxygens (including phenoxy) is 2. The van der Waals surface area contributed by atoms with Crippen LogP contribution in [0.5, 0.6) is 5.75 Å². The fraction of sp³-hybridized carbons (Fsp3) is 0.200. The van der Waals surface area contributed by atoms with Crippen LogP contribution in [0.3, 0.4) is 0 Å². The van der Waals surface area contributed by atoms with Crippen LogP contribution in [0.2, 0.25) is 0 Å². The molecule has 0 aliphatic rings. The first-order chi connectivity index (χ1) is 9.60. The Bertz CT molecular complexity index is 626. The topological polar surface area (TPSA) is 74.4 Å². The fourth-order valence-electron chi connectivity index (χ4n) is 1.77. The summed E-state index contributed by atoms with van der Waals surface area (Å²) in [5.74, 6) is -0.0566. The van der Waals surface area contributed by atoms with Crippen molar-refractivity contribution in [2.45, 2.75) is 13.5 Å². The first-order valence-electron chi connectivity index (χ1n) is 6.13. The van der Waals surface area contributed by atoms with Crippen molar-refractivity contribution < 1.29 is 14.3 Å². The van der Waals surface area contributed by atoms with Gasteiger partial charge in [0.05, 0.1) is 12.8 Å². The van der Waals surface area contributed by atoms with Crippen molar-refractivity contribution in [1.29, 1.82) is 0 Å². The zero-order valence-corrected chi connectivity index (χ0v) is 11.4. The summed E-state index contributed by atoms with van der Waals surface area (Å²) < 4.78 is 10.4. The van der Waals surface area contributed by atoms with Crippen molar-refractivity contribution in [3.63, 3.8) is 0 Å². The summed E-state index contributed by atoms with van der Waals surface area (Å²) in [5, 5.41) is 0. The van der Waals surface area contributed by atoms with E-state index >= 15 is 0 Å². The highest BCUT2D eigenvalue weighted by molar-refractivity contribution is 5.93. The normalized spacial score (nSPS) is 10.1. The second kappa shape index (κ2) is 6.06. The maximum absolute atomic E-state index is 11.7. The summed E-state index contributed by atoms with van der Waals surface area (Å²) in [7, 11) is 1.32. The summed E-state index contributed by atoms with van der Waals surface area (Å²) in [6, 6.07) is 10.5. The highest BCUT2D eigenvalue weighted by Gasteiger charge is 2.13. The summed E-state index contributed by atoms with van der Waals surface area (Å²) in [5.41, 5.74) is 8.16. The second-order valence-corrected chi connectivity index (χ2v) is 4.31. The molecule has 2 aromatic rings. The molecule has 0 radical (unpaired) electrons. The van der Waals surface area contributed by atoms with Gasteiger partial charge in [0.15, 0.2) is 0 Å². The van der Waals surface area contributed by atoms with Gasteiger partial charge >= 0.3 is 5.97 Å². The SMILES string of the molecule is COC(=O)c1cc(N)ccc1OCc1cccc(C)n1. The lowest BCUT2D eigenvalue weighted by molar-refractivity contribution is 0.0595. The van der Waals surface area contributed by atoms with Gasteiger partial charge in [0.25, 0.3) is 0 Å². The maximum atomic E-state index is 11.7. The Balaban J connectivity index is 2.19. The van der Waals surface area contributed by atoms with E-state index in [2.05, 4.69) is 4.98 Å². The predicted octanol–water partition coefficient (Wildman–Crippen LogP) is 2.34. The molecule has 2 N–H and O–H groups in total. The number of pyridine rings is 1. The molecule has 2 rings (SSSR count). The molecule has 20 heavy (non-hydrogen) atoms. The number of nitrogen functional groups attached to an aromatic ring is 1. The molecule has 0 spiro atoms. The van der Waals surface area contributed by atoms with E-state index in [-0.39, 0.29) is 6.61 Å². The Morgan fingerprint density at radius 3 is 2.80 bits per heavy atom. The summed E-state index contributed by atoms with van der Waals surface area (Å²) in [6.07, 6.45) is 0. The molecule has 0 atom stereocenters. The van der Waals surface area contributed by atoms with Gasteiger partial charge in [0, 0.05) is 11.4 Å². The van der Waals surface area contributed by atoms with E-state index in [9.17, 15) is 4.79 Å². The molecular formula is C15H16N2O3. The van der Waals surface area contributed by atoms with E-state index in [1.807, 2.05) is 25.1 Å². The van der Waals surface area contributed by atoms with Crippen molar-refractivity contribution in [3.05, 3.63) is 53.3 Å². The third kappa shape index (κ3) is 3.26. The smallest absolute Gasteiger partial charge is 0.341 e. The number of carbonyl (C=O) groups is 1. The molecule has 5 nitrogen and oxygen atoms in total. The number of carbonyl (C=O) groups excluding carboxylic acids is 1. The van der Waals surface area contributed by atoms with Gasteiger partial charge in [-0.25, -0.2) is 4.79 Å². The molecule has 0 aliphatic carbocycles. The fourth-order valence-corrected chi connectivity index (χ4v) is 1.77. The third-order valence-corrected chi connectivity index (χ3v) is 2.73. The van der Waals surface area contributed by atoms with E-state index in [0.29, 0.717) is 17.0 Å². The van der Waals surface area contributed by atoms with E-state index in [0.717, 1.165) is 11.4 Å². The van der Waals surface area contributed by atoms with Crippen molar-refractivity contribution in [2.24, 2.45) is 0 Å². The Kier molecular flexibility index (Phi) is 4.20. The molecule has 1 aromatic heterocycles. The highest BCUT2D eigenvalue weighted by atomic mass is 16.5. The summed E-state index contributed by atoms with van der Waals surface area (Å²) >= 11 is 0. The lowest BCUT2D eigenvalue weighted by atomic mass is 10.2. The lowest BCUT2D eigenvalue weighted by Gasteiger charge is -2.11. The molecule has 0 aliphatic heterocycles. The minimum Gasteiger partial charge on any atom is -0.486 e. The van der Waals surface area contributed by atoms with E-state index < -0.39 is 5.97 Å². The molecule has 0 fully saturated rings. The Morgan fingerprint density at radius 2 is 2.10 bits per heavy atom. The zero-order chi connectivity index (χ0) is 14.5. The highest BCUT2D eigenvalue weighted by Crippen LogP contribution is 2.23. The van der Waals surface area contributed by atoms with Gasteiger partial charge in [0.2, 0.25) is 0 Å². The number of anilines is 1. The molecule has 0 unspecified atom stereocenters. The minimum absolute atomic E-state index is 0.273. The third-order valence-electron chi connectivity index (χ3n) is 2.73. The molecule has 1 heterocycles. The van der Waals surface area contributed by atoms with E-state index in [1.54, 1.807) is 12.1 Å². The summed E-state index contributed by atoms with van der Waals surface area (Å²) in [6.45, 7) is 2.18. The largest absolute Gasteiger partial charge is 0.486 e. The number of hydrogen-bond donors (Lipinski definition) is 1. The number of nitrogens with zero attached hydrogens (tertiary/aromatic N) is 1. The van der Waals surface area contributed by atoms with Crippen molar-refractivity contribution in [1.82, 2.24) is 4.98 Å². The molecule has 1 aromatic carbocycles. The van der Waals surface area contributed by atoms with Gasteiger partial charge in [-0.2, -0.15) is 0 Å². The Hall–Kier alpha value is -2.56. The van der Waals surface area contributed by atoms with Gasteiger partial charge < -0.3 is 15.2 Å². The average Bonchev–Trinajstić information content (AvgIpc) is 2.45. The molecule has 0 amide bonds. The van der Waals surface area contributed by atoms with Gasteiger partial charge in [-0.3, -0.25) is 4.98 Å². The van der Waals surface area contributed by atoms with Crippen LogP contribution in [-0.4, -0.2) is 18.1 Å². The van der Waals surface area contributed by atoms with Crippen molar-refractivity contribution in [3.8, 4) is 5.75 Å². The number of methoxy groups -OCH3 is 1. The first kappa shape index (κ1) is 13.9. The van der Waals surface area contributed by atoms with Crippen molar-refractivity contribution >= 4 is 11.7 Å². The number of aromatic nitrogens is 1. The van der Waals surface area contributed by atoms with Crippen LogP contribution < -0.4 is 10.5 Å². The second-order valence-electron chi connectivity index (χ2n) is 4.31. The summed E-state index contributed by atoms with van der Waals surface area (Å²) in [4.78, 5) is 16.0. The van der Waals surface area contributed by atoms with Crippen LogP contribution >= 0.6 is 0 Å². The van der Waals surface area contributed by atoms with E-state index in [1.165, 1.54) is 13.2 Å². The minimum atomic E-state index is -0.482. The van der Waals surface area contributed by atoms with Crippen LogP contribution in [0.15, 0.2) is 36.4 Å². The van der Waals surface area contributed by atoms with Gasteiger partial charge in [-0.1, -0.05) is 6.07 Å². The quantitative estimate of drug-likeness (QED) is 0.683. The lowest BCUT2D eigenvalue weighted by Crippen LogP contribution is -2.07. The van der Waals surface area contributed by atoms with Crippen LogP contribution in [0.1, 0.15) is 21.7 Å². The number of esters is 1. The Labute approximate surface area is 117 Å². The Morgan fingerprint density at radius 1 is 1.30 bits per heavy atom. The standard InChI is InChI=1S/C15H16N2O3/c1-10-4-3-5-12(17-10)9-20-14-7-6-11(16)8-13(14)15(18)19-2/h3-8H,9,16H2,1-2H3. The molecular weight excluding hydrogens is 256 g/mol. The average molecular weight is 272 g/mol. The van der Waals surface area contributed by atoms with Crippen LogP contribution in [0.4, 0.5) is 5.69 Å². The predicted molar refractivity (Wildman–Crippen MR) is 75.5 cm³/mol. The molecule has 0 saturated carbocycles. The number of nitrogens with two attached hydrogens (primary N) is 1. The van der Waals surface area contributed by atoms with Crippen LogP contribution in [0, 0.1) is 6.92 Å².